The van der Waals surface area contributed by atoms with Crippen LogP contribution in [0.25, 0.3) is 11.3 Å². The third kappa shape index (κ3) is 8.35. The second kappa shape index (κ2) is 15.3. The van der Waals surface area contributed by atoms with Crippen molar-refractivity contribution in [1.82, 2.24) is 54.6 Å². The van der Waals surface area contributed by atoms with Crippen LogP contribution in [0.1, 0.15) is 44.3 Å². The summed E-state index contributed by atoms with van der Waals surface area (Å²) in [7, 11) is 1.91. The fourth-order valence-electron chi connectivity index (χ4n) is 6.47. The summed E-state index contributed by atoms with van der Waals surface area (Å²) in [5.74, 6) is 1.48. The molecule has 0 radical (unpaired) electrons. The zero-order chi connectivity index (χ0) is 33.6. The van der Waals surface area contributed by atoms with Crippen molar-refractivity contribution in [2.24, 2.45) is 7.05 Å². The van der Waals surface area contributed by atoms with Crippen LogP contribution in [0, 0.1) is 0 Å². The number of rotatable bonds is 13. The van der Waals surface area contributed by atoms with Gasteiger partial charge in [0.25, 0.3) is 5.88 Å². The van der Waals surface area contributed by atoms with Crippen LogP contribution < -0.4 is 14.8 Å². The van der Waals surface area contributed by atoms with Crippen LogP contribution >= 0.6 is 11.6 Å². The van der Waals surface area contributed by atoms with Crippen LogP contribution in [0.15, 0.2) is 55.2 Å². The summed E-state index contributed by atoms with van der Waals surface area (Å²) in [4.78, 5) is 11.9. The van der Waals surface area contributed by atoms with E-state index in [4.69, 9.17) is 35.9 Å². The molecule has 1 aliphatic carbocycles. The van der Waals surface area contributed by atoms with Gasteiger partial charge in [0.15, 0.2) is 0 Å². The number of tetrazole rings is 1. The number of nitrogens with one attached hydrogen (secondary N) is 1. The van der Waals surface area contributed by atoms with Gasteiger partial charge in [0.1, 0.15) is 23.9 Å². The topological polar surface area (TPSA) is 148 Å². The Labute approximate surface area is 289 Å². The van der Waals surface area contributed by atoms with Crippen LogP contribution in [0.5, 0.6) is 11.6 Å². The minimum absolute atomic E-state index is 0.221. The SMILES string of the molecule is C[C@@H](Cn1cnnn1)Oc1cc(-c2ccnc(Nc3cn(C4CCC(N5CCOCC5)CC4)nc3OCCc3ccn(C)n3)n2)ccc1Cl. The summed E-state index contributed by atoms with van der Waals surface area (Å²) in [6.45, 7) is 6.53. The van der Waals surface area contributed by atoms with Crippen LogP contribution in [0.3, 0.4) is 0 Å². The third-order valence-corrected chi connectivity index (χ3v) is 9.27. The molecule has 1 saturated carbocycles. The van der Waals surface area contributed by atoms with Gasteiger partial charge in [-0.1, -0.05) is 17.7 Å². The lowest BCUT2D eigenvalue weighted by Gasteiger charge is -2.38. The number of halogens is 1. The first-order valence-corrected chi connectivity index (χ1v) is 17.1. The van der Waals surface area contributed by atoms with E-state index in [0.29, 0.717) is 59.6 Å². The van der Waals surface area contributed by atoms with Crippen molar-refractivity contribution < 1.29 is 14.2 Å². The van der Waals surface area contributed by atoms with E-state index in [1.807, 2.05) is 50.6 Å². The van der Waals surface area contributed by atoms with Crippen LogP contribution in [0.2, 0.25) is 5.02 Å². The molecule has 0 spiro atoms. The highest BCUT2D eigenvalue weighted by Gasteiger charge is 2.29. The zero-order valence-corrected chi connectivity index (χ0v) is 28.5. The van der Waals surface area contributed by atoms with E-state index in [1.165, 1.54) is 0 Å². The molecule has 1 saturated heterocycles. The molecule has 1 aromatic carbocycles. The van der Waals surface area contributed by atoms with Gasteiger partial charge in [-0.2, -0.15) is 5.10 Å². The van der Waals surface area contributed by atoms with E-state index < -0.39 is 0 Å². The largest absolute Gasteiger partial charge is 0.487 e. The molecule has 0 amide bonds. The molecule has 1 aliphatic heterocycles. The first kappa shape index (κ1) is 32.9. The van der Waals surface area contributed by atoms with E-state index in [9.17, 15) is 0 Å². The molecule has 1 N–H and O–H groups in total. The Morgan fingerprint density at radius 3 is 2.67 bits per heavy atom. The van der Waals surface area contributed by atoms with Crippen molar-refractivity contribution in [2.75, 3.05) is 38.2 Å². The van der Waals surface area contributed by atoms with Gasteiger partial charge in [-0.15, -0.1) is 10.2 Å². The molecular formula is C33H41ClN12O3. The Hall–Kier alpha value is -4.60. The number of hydrogen-bond donors (Lipinski definition) is 1. The van der Waals surface area contributed by atoms with Crippen molar-refractivity contribution >= 4 is 23.2 Å². The van der Waals surface area contributed by atoms with Crippen molar-refractivity contribution in [3.63, 3.8) is 0 Å². The van der Waals surface area contributed by atoms with Gasteiger partial charge in [0.2, 0.25) is 5.95 Å². The van der Waals surface area contributed by atoms with E-state index in [1.54, 1.807) is 28.0 Å². The maximum atomic E-state index is 6.51. The quantitative estimate of drug-likeness (QED) is 0.187. The van der Waals surface area contributed by atoms with E-state index in [0.717, 1.165) is 63.2 Å². The maximum absolute atomic E-state index is 6.51. The smallest absolute Gasteiger partial charge is 0.256 e. The Morgan fingerprint density at radius 1 is 1.06 bits per heavy atom. The Bertz CT molecular complexity index is 1800. The standard InChI is InChI=1S/C33H41ClN12O3/c1-23(20-45-22-36-41-42-45)49-31-19-24(3-8-28(31)34)29-9-12-35-33(37-29)38-30-21-46(40-32(30)48-16-11-25-10-13-43(2)39-25)27-6-4-26(5-7-27)44-14-17-47-18-15-44/h3,8-10,12-13,19,21-23,26-27H,4-7,11,14-18,20H2,1-2H3,(H,35,37,38)/t23-,26?,27?/m0/s1. The lowest BCUT2D eigenvalue weighted by Crippen LogP contribution is -2.45. The number of benzene rings is 1. The van der Waals surface area contributed by atoms with Gasteiger partial charge in [0.05, 0.1) is 55.0 Å². The molecule has 0 unspecified atom stereocenters. The van der Waals surface area contributed by atoms with Gasteiger partial charge >= 0.3 is 0 Å². The maximum Gasteiger partial charge on any atom is 0.256 e. The van der Waals surface area contributed by atoms with Crippen LogP contribution in [-0.2, 0) is 24.8 Å². The summed E-state index contributed by atoms with van der Waals surface area (Å²) in [5.41, 5.74) is 3.22. The average Bonchev–Trinajstić information content (AvgIpc) is 3.89. The van der Waals surface area contributed by atoms with E-state index in [-0.39, 0.29) is 12.1 Å². The summed E-state index contributed by atoms with van der Waals surface area (Å²) < 4.78 is 23.4. The molecule has 5 heterocycles. The summed E-state index contributed by atoms with van der Waals surface area (Å²) in [6.07, 6.45) is 12.0. The van der Waals surface area contributed by atoms with Crippen LogP contribution in [0.4, 0.5) is 11.6 Å². The third-order valence-electron chi connectivity index (χ3n) is 8.96. The number of aryl methyl sites for hydroxylation is 1. The minimum Gasteiger partial charge on any atom is -0.487 e. The molecule has 4 aromatic heterocycles. The first-order chi connectivity index (χ1) is 24.0. The van der Waals surface area contributed by atoms with E-state index >= 15 is 0 Å². The minimum atomic E-state index is -0.221. The highest BCUT2D eigenvalue weighted by atomic mass is 35.5. The average molecular weight is 689 g/mol. The first-order valence-electron chi connectivity index (χ1n) is 16.8. The number of aromatic nitrogens is 10. The summed E-state index contributed by atoms with van der Waals surface area (Å²) in [5, 5.41) is 24.6. The molecule has 15 nitrogen and oxygen atoms in total. The Balaban J connectivity index is 1.06. The number of hydrogen-bond acceptors (Lipinski definition) is 12. The molecule has 49 heavy (non-hydrogen) atoms. The zero-order valence-electron chi connectivity index (χ0n) is 27.7. The Kier molecular flexibility index (Phi) is 10.3. The van der Waals surface area contributed by atoms with Crippen LogP contribution in [-0.4, -0.2) is 99.7 Å². The molecule has 5 aromatic rings. The highest BCUT2D eigenvalue weighted by Crippen LogP contribution is 2.35. The fourth-order valence-corrected chi connectivity index (χ4v) is 6.63. The fraction of sp³-hybridized carbons (Fsp3) is 0.485. The number of morpholine rings is 1. The lowest BCUT2D eigenvalue weighted by molar-refractivity contribution is 0.00503. The van der Waals surface area contributed by atoms with Gasteiger partial charge in [-0.05, 0) is 67.3 Å². The molecule has 16 heteroatoms. The molecule has 0 bridgehead atoms. The molecule has 258 valence electrons. The van der Waals surface area contributed by atoms with E-state index in [2.05, 4.69) is 40.5 Å². The van der Waals surface area contributed by atoms with Gasteiger partial charge in [-0.25, -0.2) is 14.6 Å². The van der Waals surface area contributed by atoms with Crippen molar-refractivity contribution in [3.8, 4) is 22.9 Å². The lowest BCUT2D eigenvalue weighted by atomic mass is 9.90. The number of ether oxygens (including phenoxy) is 3. The van der Waals surface area contributed by atoms with Gasteiger partial charge in [-0.3, -0.25) is 14.3 Å². The van der Waals surface area contributed by atoms with Crippen molar-refractivity contribution in [2.45, 2.75) is 63.8 Å². The number of anilines is 2. The molecule has 1 atom stereocenters. The van der Waals surface area contributed by atoms with Crippen molar-refractivity contribution in [1.29, 1.82) is 0 Å². The predicted octanol–water partition coefficient (Wildman–Crippen LogP) is 4.36. The highest BCUT2D eigenvalue weighted by molar-refractivity contribution is 6.32. The second-order valence-corrected chi connectivity index (χ2v) is 12.9. The second-order valence-electron chi connectivity index (χ2n) is 12.5. The predicted molar refractivity (Wildman–Crippen MR) is 182 cm³/mol. The molecular weight excluding hydrogens is 648 g/mol. The summed E-state index contributed by atoms with van der Waals surface area (Å²) in [6, 6.07) is 10.3. The number of nitrogens with zero attached hydrogens (tertiary/aromatic N) is 11. The Morgan fingerprint density at radius 2 is 1.90 bits per heavy atom. The van der Waals surface area contributed by atoms with Crippen molar-refractivity contribution in [3.05, 3.63) is 66.0 Å². The summed E-state index contributed by atoms with van der Waals surface area (Å²) >= 11 is 6.51. The van der Waals surface area contributed by atoms with Gasteiger partial charge < -0.3 is 19.5 Å². The van der Waals surface area contributed by atoms with Gasteiger partial charge in [0, 0.05) is 50.6 Å². The molecule has 2 aliphatic rings. The normalized spacial score (nSPS) is 19.1. The molecule has 7 rings (SSSR count). The monoisotopic (exact) mass is 688 g/mol. The molecule has 2 fully saturated rings.